The highest BCUT2D eigenvalue weighted by molar-refractivity contribution is 5.86. The summed E-state index contributed by atoms with van der Waals surface area (Å²) in [6, 6.07) is 1.05. The maximum atomic E-state index is 11.3. The van der Waals surface area contributed by atoms with Crippen LogP contribution in [0.25, 0.3) is 0 Å². The van der Waals surface area contributed by atoms with Crippen molar-refractivity contribution in [2.45, 2.75) is 18.9 Å². The Morgan fingerprint density at radius 3 is 2.71 bits per heavy atom. The molecule has 7 nitrogen and oxygen atoms in total. The van der Waals surface area contributed by atoms with Crippen LogP contribution in [0.3, 0.4) is 0 Å². The molecule has 2 amide bonds. The molecule has 0 aliphatic heterocycles. The number of nitrogens with two attached hydrogens (primary N) is 1. The molecule has 0 rings (SSSR count). The fourth-order valence-electron chi connectivity index (χ4n) is 1.04. The van der Waals surface area contributed by atoms with Crippen molar-refractivity contribution in [1.82, 2.24) is 5.32 Å². The molecule has 7 heteroatoms. The van der Waals surface area contributed by atoms with Crippen LogP contribution < -0.4 is 11.1 Å². The van der Waals surface area contributed by atoms with Crippen molar-refractivity contribution < 1.29 is 19.1 Å². The first-order chi connectivity index (χ1) is 8.11. The number of hydrogen-bond donors (Lipinski definition) is 2. The summed E-state index contributed by atoms with van der Waals surface area (Å²) < 4.78 is 9.70. The molecule has 0 spiro atoms. The van der Waals surface area contributed by atoms with Crippen molar-refractivity contribution in [2.75, 3.05) is 26.9 Å². The zero-order valence-corrected chi connectivity index (χ0v) is 9.77. The maximum absolute atomic E-state index is 11.3. The zero-order chi connectivity index (χ0) is 13.1. The van der Waals surface area contributed by atoms with Crippen molar-refractivity contribution in [1.29, 1.82) is 5.26 Å². The number of nitrogens with one attached hydrogen (secondary N) is 1. The van der Waals surface area contributed by atoms with Crippen LogP contribution in [-0.4, -0.2) is 44.8 Å². The van der Waals surface area contributed by atoms with Gasteiger partial charge >= 0.3 is 0 Å². The van der Waals surface area contributed by atoms with E-state index in [1.807, 2.05) is 6.07 Å². The molecule has 0 saturated carbocycles. The summed E-state index contributed by atoms with van der Waals surface area (Å²) in [5, 5.41) is 10.8. The van der Waals surface area contributed by atoms with Gasteiger partial charge in [0.05, 0.1) is 19.3 Å². The maximum Gasteiger partial charge on any atom is 0.246 e. The molecule has 0 aromatic rings. The van der Waals surface area contributed by atoms with E-state index in [4.69, 9.17) is 20.5 Å². The van der Waals surface area contributed by atoms with Gasteiger partial charge in [0, 0.05) is 13.5 Å². The number of rotatable bonds is 9. The van der Waals surface area contributed by atoms with Crippen LogP contribution in [0.1, 0.15) is 12.8 Å². The van der Waals surface area contributed by atoms with Gasteiger partial charge in [-0.15, -0.1) is 0 Å². The zero-order valence-electron chi connectivity index (χ0n) is 9.77. The highest BCUT2D eigenvalue weighted by Crippen LogP contribution is 1.95. The Balaban J connectivity index is 3.88. The molecule has 0 saturated heterocycles. The second-order valence-corrected chi connectivity index (χ2v) is 3.26. The second-order valence-electron chi connectivity index (χ2n) is 3.26. The summed E-state index contributed by atoms with van der Waals surface area (Å²) in [6.45, 7) is 0.518. The van der Waals surface area contributed by atoms with E-state index in [9.17, 15) is 9.59 Å². The first-order valence-corrected chi connectivity index (χ1v) is 5.14. The SMILES string of the molecule is COCCOCC(=O)N[C@@H](CCC#N)C(N)=O. The Morgan fingerprint density at radius 1 is 1.47 bits per heavy atom. The minimum atomic E-state index is -0.826. The van der Waals surface area contributed by atoms with Crippen LogP contribution in [0.4, 0.5) is 0 Å². The monoisotopic (exact) mass is 243 g/mol. The Morgan fingerprint density at radius 2 is 2.18 bits per heavy atom. The largest absolute Gasteiger partial charge is 0.382 e. The average Bonchev–Trinajstić information content (AvgIpc) is 2.29. The molecule has 0 unspecified atom stereocenters. The van der Waals surface area contributed by atoms with Crippen molar-refractivity contribution in [3.05, 3.63) is 0 Å². The number of hydrogen-bond acceptors (Lipinski definition) is 5. The molecule has 0 bridgehead atoms. The Kier molecular flexibility index (Phi) is 8.64. The molecule has 0 aliphatic carbocycles. The molecule has 0 radical (unpaired) electrons. The molecule has 1 atom stereocenters. The topological polar surface area (TPSA) is 114 Å². The molecule has 96 valence electrons. The number of ether oxygens (including phenoxy) is 2. The van der Waals surface area contributed by atoms with Crippen LogP contribution in [0.5, 0.6) is 0 Å². The van der Waals surface area contributed by atoms with E-state index < -0.39 is 17.9 Å². The number of nitrogens with zero attached hydrogens (tertiary/aromatic N) is 1. The molecule has 17 heavy (non-hydrogen) atoms. The number of amides is 2. The average molecular weight is 243 g/mol. The molecule has 0 aromatic heterocycles. The summed E-state index contributed by atoms with van der Waals surface area (Å²) in [5.74, 6) is -1.10. The van der Waals surface area contributed by atoms with Crippen LogP contribution in [0.2, 0.25) is 0 Å². The van der Waals surface area contributed by atoms with Gasteiger partial charge in [-0.3, -0.25) is 9.59 Å². The molecule has 0 aliphatic rings. The molecule has 3 N–H and O–H groups in total. The van der Waals surface area contributed by atoms with E-state index in [0.717, 1.165) is 0 Å². The number of primary amides is 1. The lowest BCUT2D eigenvalue weighted by molar-refractivity contribution is -0.130. The van der Waals surface area contributed by atoms with E-state index in [2.05, 4.69) is 5.32 Å². The van der Waals surface area contributed by atoms with Gasteiger partial charge < -0.3 is 20.5 Å². The molecular weight excluding hydrogens is 226 g/mol. The van der Waals surface area contributed by atoms with E-state index in [-0.39, 0.29) is 19.4 Å². The number of methoxy groups -OCH3 is 1. The number of carbonyl (C=O) groups is 2. The first-order valence-electron chi connectivity index (χ1n) is 5.14. The fourth-order valence-corrected chi connectivity index (χ4v) is 1.04. The summed E-state index contributed by atoms with van der Waals surface area (Å²) in [7, 11) is 1.52. The summed E-state index contributed by atoms with van der Waals surface area (Å²) in [5.41, 5.74) is 5.08. The van der Waals surface area contributed by atoms with Crippen LogP contribution in [-0.2, 0) is 19.1 Å². The fraction of sp³-hybridized carbons (Fsp3) is 0.700. The Hall–Kier alpha value is -1.65. The lowest BCUT2D eigenvalue weighted by Gasteiger charge is -2.13. The predicted octanol–water partition coefficient (Wildman–Crippen LogP) is -1.08. The van der Waals surface area contributed by atoms with E-state index in [1.54, 1.807) is 0 Å². The second kappa shape index (κ2) is 9.57. The quantitative estimate of drug-likeness (QED) is 0.500. The number of nitriles is 1. The van der Waals surface area contributed by atoms with E-state index >= 15 is 0 Å². The molecule has 0 aromatic carbocycles. The Bertz CT molecular complexity index is 288. The van der Waals surface area contributed by atoms with Crippen LogP contribution in [0.15, 0.2) is 0 Å². The van der Waals surface area contributed by atoms with Gasteiger partial charge in [-0.25, -0.2) is 0 Å². The van der Waals surface area contributed by atoms with Gasteiger partial charge in [0.2, 0.25) is 11.8 Å². The van der Waals surface area contributed by atoms with Crippen LogP contribution in [0, 0.1) is 11.3 Å². The third kappa shape index (κ3) is 8.19. The van der Waals surface area contributed by atoms with E-state index in [0.29, 0.717) is 13.2 Å². The molecular formula is C10H17N3O4. The Labute approximate surface area is 99.9 Å². The summed E-state index contributed by atoms with van der Waals surface area (Å²) in [4.78, 5) is 22.3. The lowest BCUT2D eigenvalue weighted by atomic mass is 10.1. The smallest absolute Gasteiger partial charge is 0.246 e. The standard InChI is InChI=1S/C10H17N3O4/c1-16-5-6-17-7-9(14)13-8(10(12)15)3-2-4-11/h8H,2-3,5-7H2,1H3,(H2,12,15)(H,13,14)/t8-/m0/s1. The van der Waals surface area contributed by atoms with Gasteiger partial charge in [-0.1, -0.05) is 0 Å². The van der Waals surface area contributed by atoms with Gasteiger partial charge in [0.25, 0.3) is 0 Å². The van der Waals surface area contributed by atoms with Gasteiger partial charge in [0.1, 0.15) is 12.6 Å². The lowest BCUT2D eigenvalue weighted by Crippen LogP contribution is -2.45. The third-order valence-corrected chi connectivity index (χ3v) is 1.89. The minimum Gasteiger partial charge on any atom is -0.382 e. The summed E-state index contributed by atoms with van der Waals surface area (Å²) in [6.07, 6.45) is 0.355. The van der Waals surface area contributed by atoms with Crippen molar-refractivity contribution >= 4 is 11.8 Å². The van der Waals surface area contributed by atoms with Crippen molar-refractivity contribution in [2.24, 2.45) is 5.73 Å². The van der Waals surface area contributed by atoms with Gasteiger partial charge in [-0.05, 0) is 6.42 Å². The number of carbonyl (C=O) groups excluding carboxylic acids is 2. The highest BCUT2D eigenvalue weighted by Gasteiger charge is 2.17. The van der Waals surface area contributed by atoms with Gasteiger partial charge in [-0.2, -0.15) is 5.26 Å². The molecule has 0 fully saturated rings. The summed E-state index contributed by atoms with van der Waals surface area (Å²) >= 11 is 0. The first kappa shape index (κ1) is 15.3. The van der Waals surface area contributed by atoms with Crippen LogP contribution >= 0.6 is 0 Å². The predicted molar refractivity (Wildman–Crippen MR) is 58.7 cm³/mol. The third-order valence-electron chi connectivity index (χ3n) is 1.89. The van der Waals surface area contributed by atoms with Crippen molar-refractivity contribution in [3.63, 3.8) is 0 Å². The van der Waals surface area contributed by atoms with E-state index in [1.165, 1.54) is 7.11 Å². The normalized spacial score (nSPS) is 11.5. The highest BCUT2D eigenvalue weighted by atomic mass is 16.5. The van der Waals surface area contributed by atoms with Crippen molar-refractivity contribution in [3.8, 4) is 6.07 Å². The molecule has 0 heterocycles. The minimum absolute atomic E-state index is 0.151. The van der Waals surface area contributed by atoms with Gasteiger partial charge in [0.15, 0.2) is 0 Å².